The molecule has 0 saturated heterocycles. The fourth-order valence-electron chi connectivity index (χ4n) is 7.37. The highest BCUT2D eigenvalue weighted by Gasteiger charge is 2.40. The van der Waals surface area contributed by atoms with Gasteiger partial charge in [0.05, 0.1) is 24.0 Å². The number of ether oxygens (including phenoxy) is 6. The second-order valence-corrected chi connectivity index (χ2v) is 19.2. The van der Waals surface area contributed by atoms with Crippen LogP contribution >= 0.6 is 0 Å². The lowest BCUT2D eigenvalue weighted by Gasteiger charge is -2.33. The summed E-state index contributed by atoms with van der Waals surface area (Å²) in [6.45, 7) is 21.6. The zero-order valence-electron chi connectivity index (χ0n) is 36.7. The Kier molecular flexibility index (Phi) is 11.7. The van der Waals surface area contributed by atoms with Crippen molar-refractivity contribution in [3.05, 3.63) is 77.0 Å². The molecule has 0 saturated carbocycles. The molecule has 0 bridgehead atoms. The number of benzene rings is 2. The van der Waals surface area contributed by atoms with Crippen molar-refractivity contribution in [2.24, 2.45) is 0 Å². The molecule has 318 valence electrons. The van der Waals surface area contributed by atoms with Crippen LogP contribution in [-0.4, -0.2) is 61.1 Å². The van der Waals surface area contributed by atoms with Crippen LogP contribution in [0.3, 0.4) is 0 Å². The van der Waals surface area contributed by atoms with Gasteiger partial charge in [-0.2, -0.15) is 4.90 Å². The summed E-state index contributed by atoms with van der Waals surface area (Å²) in [6, 6.07) is 12.6. The second-order valence-electron chi connectivity index (χ2n) is 19.2. The Morgan fingerprint density at radius 2 is 1.39 bits per heavy atom. The maximum atomic E-state index is 14.1. The normalized spacial score (nSPS) is 15.1. The molecular formula is C46H60N4O9. The molecule has 0 N–H and O–H groups in total. The molecular weight excluding hydrogens is 753 g/mol. The van der Waals surface area contributed by atoms with Crippen molar-refractivity contribution in [2.75, 3.05) is 4.90 Å². The number of nitrogens with zero attached hydrogens (tertiary/aromatic N) is 4. The zero-order chi connectivity index (χ0) is 43.1. The van der Waals surface area contributed by atoms with Crippen LogP contribution in [0.15, 0.2) is 48.9 Å². The molecule has 0 radical (unpaired) electrons. The van der Waals surface area contributed by atoms with Crippen LogP contribution < -0.4 is 4.90 Å². The highest BCUT2D eigenvalue weighted by molar-refractivity contribution is 6.17. The minimum absolute atomic E-state index is 0.0280. The van der Waals surface area contributed by atoms with Gasteiger partial charge < -0.3 is 33.0 Å². The number of rotatable bonds is 9. The Balaban J connectivity index is 1.52. The molecule has 4 aromatic rings. The molecule has 13 heteroatoms. The van der Waals surface area contributed by atoms with Crippen molar-refractivity contribution >= 4 is 46.1 Å². The molecule has 2 aromatic carbocycles. The van der Waals surface area contributed by atoms with Gasteiger partial charge in [-0.15, -0.1) is 0 Å². The minimum Gasteiger partial charge on any atom is -0.456 e. The van der Waals surface area contributed by atoms with Gasteiger partial charge in [0.25, 0.3) is 5.79 Å². The van der Waals surface area contributed by atoms with E-state index in [2.05, 4.69) is 31.2 Å². The molecule has 3 heterocycles. The van der Waals surface area contributed by atoms with E-state index >= 15 is 0 Å². The Labute approximate surface area is 347 Å². The van der Waals surface area contributed by atoms with Crippen LogP contribution in [0.25, 0.3) is 21.9 Å². The first-order chi connectivity index (χ1) is 27.4. The van der Waals surface area contributed by atoms with E-state index in [4.69, 9.17) is 38.4 Å². The Morgan fingerprint density at radius 3 is 2.00 bits per heavy atom. The molecule has 0 unspecified atom stereocenters. The highest BCUT2D eigenvalue weighted by Crippen LogP contribution is 2.38. The summed E-state index contributed by atoms with van der Waals surface area (Å²) in [4.78, 5) is 52.3. The van der Waals surface area contributed by atoms with E-state index in [-0.39, 0.29) is 12.4 Å². The molecule has 1 aliphatic heterocycles. The molecule has 1 aliphatic carbocycles. The van der Waals surface area contributed by atoms with Gasteiger partial charge in [0, 0.05) is 18.2 Å². The fourth-order valence-corrected chi connectivity index (χ4v) is 7.37. The summed E-state index contributed by atoms with van der Waals surface area (Å²) < 4.78 is 36.9. The number of carbonyl (C=O) groups is 3. The number of aromatic nitrogens is 3. The van der Waals surface area contributed by atoms with E-state index < -0.39 is 46.5 Å². The van der Waals surface area contributed by atoms with E-state index in [9.17, 15) is 14.4 Å². The van der Waals surface area contributed by atoms with Crippen LogP contribution in [0.1, 0.15) is 130 Å². The quantitative estimate of drug-likeness (QED) is 0.118. The lowest BCUT2D eigenvalue weighted by molar-refractivity contribution is -0.148. The van der Waals surface area contributed by atoms with Crippen LogP contribution in [0.5, 0.6) is 0 Å². The monoisotopic (exact) mass is 812 g/mol. The molecule has 1 spiro atoms. The Bertz CT molecular complexity index is 2230. The summed E-state index contributed by atoms with van der Waals surface area (Å²) in [6.07, 6.45) is 5.66. The third-order valence-corrected chi connectivity index (χ3v) is 9.74. The lowest BCUT2D eigenvalue weighted by Crippen LogP contribution is -2.44. The van der Waals surface area contributed by atoms with E-state index in [1.807, 2.05) is 30.5 Å². The third-order valence-electron chi connectivity index (χ3n) is 9.74. The molecule has 2 aromatic heterocycles. The number of imide groups is 1. The van der Waals surface area contributed by atoms with Crippen molar-refractivity contribution < 1.29 is 42.8 Å². The van der Waals surface area contributed by atoms with Gasteiger partial charge in [-0.3, -0.25) is 0 Å². The van der Waals surface area contributed by atoms with Gasteiger partial charge in [0.2, 0.25) is 0 Å². The number of unbranched alkanes of at least 4 members (excludes halogenated alkanes) is 1. The van der Waals surface area contributed by atoms with Crippen molar-refractivity contribution in [2.45, 2.75) is 163 Å². The van der Waals surface area contributed by atoms with Crippen LogP contribution in [0, 0.1) is 0 Å². The third kappa shape index (κ3) is 10.5. The molecule has 13 nitrogen and oxygen atoms in total. The summed E-state index contributed by atoms with van der Waals surface area (Å²) in [7, 11) is 0. The van der Waals surface area contributed by atoms with Crippen LogP contribution in [-0.2, 0) is 60.6 Å². The fraction of sp³-hybridized carbons (Fsp3) is 0.543. The smallest absolute Gasteiger partial charge is 0.456 e. The Hall–Kier alpha value is -5.33. The average Bonchev–Trinajstić information content (AvgIpc) is 3.68. The first-order valence-corrected chi connectivity index (χ1v) is 20.5. The SMILES string of the molecule is CCCCc1nc2c(N(C(=O)OC(C)(C)C)C(=O)OC(C)(C)C)nc3cc(Cc4ccc5c(c4)CC4(CC5)OC=CO4)ccc3c2n1CC(C)(C)OC(=O)OC(C)(C)C. The highest BCUT2D eigenvalue weighted by atomic mass is 16.7. The number of hydrogen-bond donors (Lipinski definition) is 0. The number of amides is 2. The zero-order valence-corrected chi connectivity index (χ0v) is 36.7. The summed E-state index contributed by atoms with van der Waals surface area (Å²) >= 11 is 0. The average molecular weight is 813 g/mol. The standard InChI is InChI=1S/C46H60N4O9/c1-13-14-15-35-48-36-37(49(35)28-45(11,12)59-41(53)58-44(8,9)10)33-19-17-30(24-29-16-18-31-20-21-46(27-32(31)25-29)54-22-23-55-46)26-34(33)47-38(36)50(39(51)56-42(2,3)4)40(52)57-43(5,6)7/h16-19,22-23,25-26H,13-15,20-21,24,27-28H2,1-12H3. The van der Waals surface area contributed by atoms with Crippen molar-refractivity contribution in [3.8, 4) is 0 Å². The minimum atomic E-state index is -1.07. The number of imidazole rings is 1. The van der Waals surface area contributed by atoms with Gasteiger partial charge in [-0.25, -0.2) is 24.4 Å². The van der Waals surface area contributed by atoms with Gasteiger partial charge >= 0.3 is 18.3 Å². The predicted octanol–water partition coefficient (Wildman–Crippen LogP) is 10.6. The van der Waals surface area contributed by atoms with Crippen LogP contribution in [0.2, 0.25) is 0 Å². The van der Waals surface area contributed by atoms with Crippen molar-refractivity contribution in [1.29, 1.82) is 0 Å². The molecule has 2 aliphatic rings. The topological polar surface area (TPSA) is 141 Å². The van der Waals surface area contributed by atoms with Gasteiger partial charge in [0.15, 0.2) is 5.82 Å². The number of fused-ring (bicyclic) bond motifs is 4. The van der Waals surface area contributed by atoms with E-state index in [1.165, 1.54) is 11.1 Å². The lowest BCUT2D eigenvalue weighted by atomic mass is 9.85. The second kappa shape index (κ2) is 16.0. The van der Waals surface area contributed by atoms with E-state index in [0.29, 0.717) is 41.6 Å². The molecule has 0 atom stereocenters. The van der Waals surface area contributed by atoms with Crippen molar-refractivity contribution in [3.63, 3.8) is 0 Å². The number of aryl methyl sites for hydroxylation is 2. The van der Waals surface area contributed by atoms with E-state index in [1.54, 1.807) is 74.8 Å². The maximum Gasteiger partial charge on any atom is 0.509 e. The number of hydrogen-bond acceptors (Lipinski definition) is 11. The number of anilines is 1. The number of carbonyl (C=O) groups excluding carboxylic acids is 3. The Morgan fingerprint density at radius 1 is 0.780 bits per heavy atom. The molecule has 59 heavy (non-hydrogen) atoms. The predicted molar refractivity (Wildman–Crippen MR) is 225 cm³/mol. The van der Waals surface area contributed by atoms with Gasteiger partial charge in [-0.1, -0.05) is 43.7 Å². The first-order valence-electron chi connectivity index (χ1n) is 20.5. The van der Waals surface area contributed by atoms with Gasteiger partial charge in [0.1, 0.15) is 46.3 Å². The summed E-state index contributed by atoms with van der Waals surface area (Å²) in [5.74, 6) is -0.00691. The van der Waals surface area contributed by atoms with Crippen LogP contribution in [0.4, 0.5) is 20.2 Å². The van der Waals surface area contributed by atoms with Crippen molar-refractivity contribution in [1.82, 2.24) is 14.5 Å². The van der Waals surface area contributed by atoms with Gasteiger partial charge in [-0.05, 0) is 124 Å². The number of pyridine rings is 1. The molecule has 0 fully saturated rings. The maximum absolute atomic E-state index is 14.1. The molecule has 2 amide bonds. The summed E-state index contributed by atoms with van der Waals surface area (Å²) in [5, 5.41) is 0.736. The largest absolute Gasteiger partial charge is 0.509 e. The van der Waals surface area contributed by atoms with E-state index in [0.717, 1.165) is 47.1 Å². The summed E-state index contributed by atoms with van der Waals surface area (Å²) in [5.41, 5.74) is 2.25. The first kappa shape index (κ1) is 43.3. The molecule has 6 rings (SSSR count).